The molecule has 0 bridgehead atoms. The molecule has 35 heavy (non-hydrogen) atoms. The Morgan fingerprint density at radius 2 is 1.60 bits per heavy atom. The molecule has 0 saturated heterocycles. The van der Waals surface area contributed by atoms with Crippen LogP contribution in [0.5, 0.6) is 0 Å². The molecule has 4 rings (SSSR count). The maximum absolute atomic E-state index is 13.6. The van der Waals surface area contributed by atoms with Gasteiger partial charge in [-0.3, -0.25) is 14.7 Å². The van der Waals surface area contributed by atoms with E-state index in [-0.39, 0.29) is 17.3 Å². The second-order valence-corrected chi connectivity index (χ2v) is 11.1. The van der Waals surface area contributed by atoms with Gasteiger partial charge in [0.15, 0.2) is 5.13 Å². The SMILES string of the molecule is CCCN(CCC)S(=O)(=O)c1ccc(C(=O)N(Cc2ccccn2)c2nc3ccccc3s2)cc1. The first-order chi connectivity index (χ1) is 16.9. The molecule has 0 aliphatic rings. The highest BCUT2D eigenvalue weighted by Crippen LogP contribution is 2.30. The van der Waals surface area contributed by atoms with Crippen LogP contribution in [0.4, 0.5) is 5.13 Å². The number of amides is 1. The van der Waals surface area contributed by atoms with Crippen LogP contribution in [-0.4, -0.2) is 41.7 Å². The van der Waals surface area contributed by atoms with Crippen molar-refractivity contribution in [3.05, 3.63) is 84.2 Å². The fourth-order valence-electron chi connectivity index (χ4n) is 3.78. The first-order valence-electron chi connectivity index (χ1n) is 11.6. The van der Waals surface area contributed by atoms with Crippen molar-refractivity contribution in [3.8, 4) is 0 Å². The summed E-state index contributed by atoms with van der Waals surface area (Å²) < 4.78 is 28.7. The van der Waals surface area contributed by atoms with Crippen molar-refractivity contribution in [1.82, 2.24) is 14.3 Å². The van der Waals surface area contributed by atoms with Crippen LogP contribution in [0.3, 0.4) is 0 Å². The molecule has 0 aliphatic heterocycles. The summed E-state index contributed by atoms with van der Waals surface area (Å²) >= 11 is 1.43. The van der Waals surface area contributed by atoms with E-state index in [1.54, 1.807) is 23.2 Å². The van der Waals surface area contributed by atoms with E-state index in [2.05, 4.69) is 9.97 Å². The number of hydrogen-bond acceptors (Lipinski definition) is 6. The van der Waals surface area contributed by atoms with E-state index < -0.39 is 10.0 Å². The summed E-state index contributed by atoms with van der Waals surface area (Å²) in [5.41, 5.74) is 1.94. The lowest BCUT2D eigenvalue weighted by Gasteiger charge is -2.22. The maximum Gasteiger partial charge on any atom is 0.260 e. The van der Waals surface area contributed by atoms with E-state index >= 15 is 0 Å². The summed E-state index contributed by atoms with van der Waals surface area (Å²) in [6.45, 7) is 5.09. The van der Waals surface area contributed by atoms with Gasteiger partial charge in [0.25, 0.3) is 5.91 Å². The van der Waals surface area contributed by atoms with Gasteiger partial charge in [0.1, 0.15) is 0 Å². The molecule has 1 amide bonds. The third-order valence-corrected chi connectivity index (χ3v) is 8.46. The number of carbonyl (C=O) groups excluding carboxylic acids is 1. The van der Waals surface area contributed by atoms with Gasteiger partial charge in [-0.25, -0.2) is 13.4 Å². The summed E-state index contributed by atoms with van der Waals surface area (Å²) in [6.07, 6.45) is 3.16. The van der Waals surface area contributed by atoms with E-state index in [9.17, 15) is 13.2 Å². The number of hydrogen-bond donors (Lipinski definition) is 0. The van der Waals surface area contributed by atoms with Gasteiger partial charge in [-0.05, 0) is 61.4 Å². The van der Waals surface area contributed by atoms with Crippen molar-refractivity contribution in [2.75, 3.05) is 18.0 Å². The summed E-state index contributed by atoms with van der Waals surface area (Å²) in [4.78, 5) is 24.5. The van der Waals surface area contributed by atoms with Gasteiger partial charge in [-0.1, -0.05) is 43.4 Å². The van der Waals surface area contributed by atoms with Crippen LogP contribution in [0.1, 0.15) is 42.7 Å². The largest absolute Gasteiger partial charge is 0.278 e. The number of carbonyl (C=O) groups is 1. The number of para-hydroxylation sites is 1. The van der Waals surface area contributed by atoms with Crippen molar-refractivity contribution in [3.63, 3.8) is 0 Å². The number of fused-ring (bicyclic) bond motifs is 1. The molecule has 0 spiro atoms. The normalized spacial score (nSPS) is 11.7. The predicted molar refractivity (Wildman–Crippen MR) is 140 cm³/mol. The van der Waals surface area contributed by atoms with Crippen molar-refractivity contribution in [2.45, 2.75) is 38.1 Å². The van der Waals surface area contributed by atoms with E-state index in [1.807, 2.05) is 56.3 Å². The molecule has 4 aromatic rings. The van der Waals surface area contributed by atoms with Crippen molar-refractivity contribution < 1.29 is 13.2 Å². The minimum atomic E-state index is -3.62. The first-order valence-corrected chi connectivity index (χ1v) is 13.9. The second-order valence-electron chi connectivity index (χ2n) is 8.10. The minimum Gasteiger partial charge on any atom is -0.278 e. The minimum absolute atomic E-state index is 0.187. The van der Waals surface area contributed by atoms with Crippen LogP contribution in [0.2, 0.25) is 0 Å². The average Bonchev–Trinajstić information content (AvgIpc) is 3.31. The van der Waals surface area contributed by atoms with Gasteiger partial charge in [0.2, 0.25) is 10.0 Å². The Labute approximate surface area is 210 Å². The highest BCUT2D eigenvalue weighted by Gasteiger charge is 2.25. The van der Waals surface area contributed by atoms with E-state index in [0.717, 1.165) is 28.8 Å². The van der Waals surface area contributed by atoms with Gasteiger partial charge in [0.05, 0.1) is 27.4 Å². The number of aromatic nitrogens is 2. The lowest BCUT2D eigenvalue weighted by atomic mass is 10.2. The lowest BCUT2D eigenvalue weighted by molar-refractivity contribution is 0.0984. The Bertz CT molecular complexity index is 1350. The number of nitrogens with zero attached hydrogens (tertiary/aromatic N) is 4. The Morgan fingerprint density at radius 1 is 0.914 bits per heavy atom. The van der Waals surface area contributed by atoms with Crippen LogP contribution in [0, 0.1) is 0 Å². The molecule has 0 aliphatic carbocycles. The maximum atomic E-state index is 13.6. The van der Waals surface area contributed by atoms with E-state index in [1.165, 1.54) is 27.8 Å². The molecule has 2 aromatic heterocycles. The molecule has 0 saturated carbocycles. The number of benzene rings is 2. The van der Waals surface area contributed by atoms with Crippen LogP contribution in [0.15, 0.2) is 77.8 Å². The fourth-order valence-corrected chi connectivity index (χ4v) is 6.37. The van der Waals surface area contributed by atoms with Crippen molar-refractivity contribution in [1.29, 1.82) is 0 Å². The average molecular weight is 509 g/mol. The molecule has 9 heteroatoms. The molecule has 0 N–H and O–H groups in total. The highest BCUT2D eigenvalue weighted by atomic mass is 32.2. The predicted octanol–water partition coefficient (Wildman–Crippen LogP) is 5.35. The second kappa shape index (κ2) is 11.1. The third-order valence-electron chi connectivity index (χ3n) is 5.49. The number of sulfonamides is 1. The molecule has 0 radical (unpaired) electrons. The third kappa shape index (κ3) is 5.58. The number of rotatable bonds is 10. The zero-order valence-electron chi connectivity index (χ0n) is 19.8. The topological polar surface area (TPSA) is 83.5 Å². The van der Waals surface area contributed by atoms with Gasteiger partial charge in [-0.15, -0.1) is 0 Å². The quantitative estimate of drug-likeness (QED) is 0.288. The molecular formula is C26H28N4O3S2. The van der Waals surface area contributed by atoms with E-state index in [4.69, 9.17) is 0 Å². The number of anilines is 1. The Morgan fingerprint density at radius 3 is 2.23 bits per heavy atom. The zero-order valence-corrected chi connectivity index (χ0v) is 21.4. The Balaban J connectivity index is 1.66. The standard InChI is InChI=1S/C26H28N4O3S2/c1-3-17-29(18-4-2)35(32,33)22-14-12-20(13-15-22)25(31)30(19-21-9-7-8-16-27-21)26-28-23-10-5-6-11-24(23)34-26/h5-16H,3-4,17-19H2,1-2H3. The summed E-state index contributed by atoms with van der Waals surface area (Å²) in [7, 11) is -3.62. The summed E-state index contributed by atoms with van der Waals surface area (Å²) in [5, 5.41) is 0.565. The molecule has 7 nitrogen and oxygen atoms in total. The van der Waals surface area contributed by atoms with Crippen LogP contribution in [-0.2, 0) is 16.6 Å². The highest BCUT2D eigenvalue weighted by molar-refractivity contribution is 7.89. The van der Waals surface area contributed by atoms with Crippen LogP contribution < -0.4 is 4.90 Å². The molecule has 0 atom stereocenters. The molecular weight excluding hydrogens is 480 g/mol. The first kappa shape index (κ1) is 25.0. The van der Waals surface area contributed by atoms with Gasteiger partial charge >= 0.3 is 0 Å². The Hall–Kier alpha value is -3.14. The summed E-state index contributed by atoms with van der Waals surface area (Å²) in [6, 6.07) is 19.5. The summed E-state index contributed by atoms with van der Waals surface area (Å²) in [5.74, 6) is -0.266. The van der Waals surface area contributed by atoms with Gasteiger partial charge in [-0.2, -0.15) is 4.31 Å². The van der Waals surface area contributed by atoms with Gasteiger partial charge < -0.3 is 0 Å². The van der Waals surface area contributed by atoms with Crippen LogP contribution in [0.25, 0.3) is 10.2 Å². The van der Waals surface area contributed by atoms with Gasteiger partial charge in [0, 0.05) is 24.8 Å². The number of pyridine rings is 1. The molecule has 0 unspecified atom stereocenters. The smallest absolute Gasteiger partial charge is 0.260 e. The molecule has 0 fully saturated rings. The lowest BCUT2D eigenvalue weighted by Crippen LogP contribution is -2.33. The fraction of sp³-hybridized carbons (Fsp3) is 0.269. The van der Waals surface area contributed by atoms with Crippen molar-refractivity contribution in [2.24, 2.45) is 0 Å². The monoisotopic (exact) mass is 508 g/mol. The van der Waals surface area contributed by atoms with Crippen molar-refractivity contribution >= 4 is 42.6 Å². The molecule has 2 heterocycles. The Kier molecular flexibility index (Phi) is 7.90. The molecule has 2 aromatic carbocycles. The number of thiazole rings is 1. The zero-order chi connectivity index (χ0) is 24.8. The van der Waals surface area contributed by atoms with E-state index in [0.29, 0.717) is 23.8 Å². The molecule has 182 valence electrons. The van der Waals surface area contributed by atoms with Crippen LogP contribution >= 0.6 is 11.3 Å².